The van der Waals surface area contributed by atoms with E-state index >= 15 is 0 Å². The SMILES string of the molecule is [C-]#[N+]c1ccc(-c2ccc(C(=O)OC(COC(=O)c3ccc4c(c3)C(=O)c3ccccc3C4=O)c3ccccc3)cc2)cc1. The van der Waals surface area contributed by atoms with Crippen LogP contribution in [0.15, 0.2) is 121 Å². The Bertz CT molecular complexity index is 1950. The molecule has 0 spiro atoms. The van der Waals surface area contributed by atoms with E-state index in [4.69, 9.17) is 16.0 Å². The standard InChI is InChI=1S/C37H23NO6/c1-38-28-18-15-24(16-19-28)23-11-13-26(14-12-23)37(42)44-33(25-7-3-2-4-8-25)22-43-36(41)27-17-20-31-32(21-27)35(40)30-10-6-5-9-29(30)34(31)39/h2-21,33H,22H2. The fraction of sp³-hybridized carbons (Fsp3) is 0.0541. The Morgan fingerprint density at radius 1 is 0.614 bits per heavy atom. The van der Waals surface area contributed by atoms with Crippen LogP contribution in [0.25, 0.3) is 16.0 Å². The second kappa shape index (κ2) is 12.0. The number of hydrogen-bond acceptors (Lipinski definition) is 6. The van der Waals surface area contributed by atoms with E-state index in [1.54, 1.807) is 84.9 Å². The van der Waals surface area contributed by atoms with Crippen LogP contribution < -0.4 is 0 Å². The van der Waals surface area contributed by atoms with Crippen LogP contribution in [0.4, 0.5) is 5.69 Å². The van der Waals surface area contributed by atoms with Gasteiger partial charge in [0, 0.05) is 22.3 Å². The second-order valence-electron chi connectivity index (χ2n) is 10.1. The summed E-state index contributed by atoms with van der Waals surface area (Å²) in [6.07, 6.45) is -0.902. The molecule has 5 aromatic rings. The molecule has 1 unspecified atom stereocenters. The lowest BCUT2D eigenvalue weighted by molar-refractivity contribution is -0.00133. The molecule has 0 bridgehead atoms. The summed E-state index contributed by atoms with van der Waals surface area (Å²) in [6, 6.07) is 33.8. The molecule has 0 radical (unpaired) electrons. The quantitative estimate of drug-likeness (QED) is 0.145. The zero-order valence-corrected chi connectivity index (χ0v) is 23.2. The number of ketones is 2. The van der Waals surface area contributed by atoms with E-state index in [1.165, 1.54) is 18.2 Å². The highest BCUT2D eigenvalue weighted by Gasteiger charge is 2.30. The summed E-state index contributed by atoms with van der Waals surface area (Å²) < 4.78 is 11.4. The van der Waals surface area contributed by atoms with Gasteiger partial charge in [0.1, 0.15) is 6.61 Å². The van der Waals surface area contributed by atoms with E-state index < -0.39 is 18.0 Å². The molecule has 0 fully saturated rings. The van der Waals surface area contributed by atoms with Gasteiger partial charge in [-0.15, -0.1) is 0 Å². The molecule has 0 aromatic heterocycles. The molecule has 6 rings (SSSR count). The van der Waals surface area contributed by atoms with Crippen LogP contribution in [0.2, 0.25) is 0 Å². The number of benzene rings is 5. The van der Waals surface area contributed by atoms with E-state index in [2.05, 4.69) is 4.85 Å². The Balaban J connectivity index is 1.17. The van der Waals surface area contributed by atoms with Gasteiger partial charge in [-0.3, -0.25) is 9.59 Å². The molecular formula is C37H23NO6. The highest BCUT2D eigenvalue weighted by molar-refractivity contribution is 6.28. The molecular weight excluding hydrogens is 554 g/mol. The Kier molecular flexibility index (Phi) is 7.64. The third kappa shape index (κ3) is 5.52. The molecule has 1 aliphatic rings. The first-order chi connectivity index (χ1) is 21.4. The van der Waals surface area contributed by atoms with Crippen molar-refractivity contribution in [3.8, 4) is 11.1 Å². The Morgan fingerprint density at radius 3 is 1.80 bits per heavy atom. The third-order valence-electron chi connectivity index (χ3n) is 7.40. The number of ether oxygens (including phenoxy) is 2. The summed E-state index contributed by atoms with van der Waals surface area (Å²) >= 11 is 0. The van der Waals surface area contributed by atoms with E-state index in [9.17, 15) is 19.2 Å². The predicted octanol–water partition coefficient (Wildman–Crippen LogP) is 7.43. The van der Waals surface area contributed by atoms with E-state index in [0.29, 0.717) is 22.4 Å². The van der Waals surface area contributed by atoms with Crippen molar-refractivity contribution in [1.29, 1.82) is 0 Å². The minimum Gasteiger partial charge on any atom is -0.458 e. The minimum atomic E-state index is -0.902. The number of carbonyl (C=O) groups is 4. The van der Waals surface area contributed by atoms with Crippen molar-refractivity contribution in [2.45, 2.75) is 6.10 Å². The maximum absolute atomic E-state index is 13.1. The Labute approximate surface area is 253 Å². The predicted molar refractivity (Wildman–Crippen MR) is 163 cm³/mol. The normalized spacial score (nSPS) is 12.3. The molecule has 7 nitrogen and oxygen atoms in total. The molecule has 0 heterocycles. The minimum absolute atomic E-state index is 0.0995. The van der Waals surface area contributed by atoms with Crippen molar-refractivity contribution in [3.05, 3.63) is 172 Å². The molecule has 0 aliphatic heterocycles. The molecule has 0 amide bonds. The zero-order valence-electron chi connectivity index (χ0n) is 23.2. The van der Waals surface area contributed by atoms with Crippen molar-refractivity contribution in [3.63, 3.8) is 0 Å². The maximum atomic E-state index is 13.1. The van der Waals surface area contributed by atoms with E-state index in [-0.39, 0.29) is 40.4 Å². The molecule has 7 heteroatoms. The maximum Gasteiger partial charge on any atom is 0.338 e. The molecule has 0 N–H and O–H groups in total. The lowest BCUT2D eigenvalue weighted by Crippen LogP contribution is -2.22. The summed E-state index contributed by atoms with van der Waals surface area (Å²) in [5, 5.41) is 0. The van der Waals surface area contributed by atoms with Crippen LogP contribution in [-0.4, -0.2) is 30.1 Å². The molecule has 212 valence electrons. The average molecular weight is 578 g/mol. The first-order valence-corrected chi connectivity index (χ1v) is 13.8. The van der Waals surface area contributed by atoms with Gasteiger partial charge in [-0.05, 0) is 47.0 Å². The van der Waals surface area contributed by atoms with Gasteiger partial charge in [0.2, 0.25) is 0 Å². The highest BCUT2D eigenvalue weighted by Crippen LogP contribution is 2.29. The van der Waals surface area contributed by atoms with Crippen molar-refractivity contribution in [1.82, 2.24) is 0 Å². The summed E-state index contributed by atoms with van der Waals surface area (Å²) in [4.78, 5) is 55.6. The highest BCUT2D eigenvalue weighted by atomic mass is 16.6. The third-order valence-corrected chi connectivity index (χ3v) is 7.40. The summed E-state index contributed by atoms with van der Waals surface area (Å²) in [5.74, 6) is -1.94. The molecule has 0 saturated carbocycles. The van der Waals surface area contributed by atoms with Gasteiger partial charge in [0.25, 0.3) is 0 Å². The van der Waals surface area contributed by atoms with Gasteiger partial charge in [-0.1, -0.05) is 91.0 Å². The molecule has 1 atom stereocenters. The monoisotopic (exact) mass is 577 g/mol. The van der Waals surface area contributed by atoms with Gasteiger partial charge in [-0.2, -0.15) is 0 Å². The molecule has 5 aromatic carbocycles. The van der Waals surface area contributed by atoms with Crippen LogP contribution >= 0.6 is 0 Å². The van der Waals surface area contributed by atoms with Crippen molar-refractivity contribution in [2.24, 2.45) is 0 Å². The van der Waals surface area contributed by atoms with Crippen molar-refractivity contribution < 1.29 is 28.7 Å². The molecule has 0 saturated heterocycles. The number of hydrogen-bond donors (Lipinski definition) is 0. The van der Waals surface area contributed by atoms with Crippen LogP contribution in [-0.2, 0) is 9.47 Å². The van der Waals surface area contributed by atoms with Crippen LogP contribution in [0, 0.1) is 6.57 Å². The summed E-state index contributed by atoms with van der Waals surface area (Å²) in [5.41, 5.74) is 4.36. The topological polar surface area (TPSA) is 91.1 Å². The lowest BCUT2D eigenvalue weighted by atomic mass is 9.83. The van der Waals surface area contributed by atoms with Gasteiger partial charge in [-0.25, -0.2) is 14.4 Å². The number of fused-ring (bicyclic) bond motifs is 2. The van der Waals surface area contributed by atoms with E-state index in [0.717, 1.165) is 11.1 Å². The zero-order chi connectivity index (χ0) is 30.6. The smallest absolute Gasteiger partial charge is 0.338 e. The second-order valence-corrected chi connectivity index (χ2v) is 10.1. The number of nitrogens with zero attached hydrogens (tertiary/aromatic N) is 1. The van der Waals surface area contributed by atoms with Crippen molar-refractivity contribution in [2.75, 3.05) is 6.61 Å². The first kappa shape index (κ1) is 28.0. The van der Waals surface area contributed by atoms with Gasteiger partial charge >= 0.3 is 11.9 Å². The van der Waals surface area contributed by atoms with E-state index in [1.807, 2.05) is 18.2 Å². The fourth-order valence-electron chi connectivity index (χ4n) is 5.05. The Morgan fingerprint density at radius 2 is 1.16 bits per heavy atom. The molecule has 44 heavy (non-hydrogen) atoms. The number of esters is 2. The first-order valence-electron chi connectivity index (χ1n) is 13.8. The van der Waals surface area contributed by atoms with Crippen LogP contribution in [0.3, 0.4) is 0 Å². The fourth-order valence-corrected chi connectivity index (χ4v) is 5.05. The Hall–Kier alpha value is -6.13. The van der Waals surface area contributed by atoms with Crippen LogP contribution in [0.1, 0.15) is 64.2 Å². The number of carbonyl (C=O) groups excluding carboxylic acids is 4. The van der Waals surface area contributed by atoms with Gasteiger partial charge in [0.15, 0.2) is 23.4 Å². The van der Waals surface area contributed by atoms with Crippen LogP contribution in [0.5, 0.6) is 0 Å². The largest absolute Gasteiger partial charge is 0.458 e. The van der Waals surface area contributed by atoms with Crippen molar-refractivity contribution >= 4 is 29.2 Å². The summed E-state index contributed by atoms with van der Waals surface area (Å²) in [6.45, 7) is 6.83. The number of rotatable bonds is 7. The summed E-state index contributed by atoms with van der Waals surface area (Å²) in [7, 11) is 0. The lowest BCUT2D eigenvalue weighted by Gasteiger charge is -2.20. The van der Waals surface area contributed by atoms with Gasteiger partial charge in [0.05, 0.1) is 17.7 Å². The molecule has 1 aliphatic carbocycles. The average Bonchev–Trinajstić information content (AvgIpc) is 3.09. The van der Waals surface area contributed by atoms with Gasteiger partial charge < -0.3 is 9.47 Å².